The molecular formula is C22H19N3O3. The van der Waals surface area contributed by atoms with Crippen molar-refractivity contribution >= 4 is 17.0 Å². The summed E-state index contributed by atoms with van der Waals surface area (Å²) < 4.78 is 10.9. The van der Waals surface area contributed by atoms with Crippen molar-refractivity contribution in [1.82, 2.24) is 15.0 Å². The molecule has 1 aromatic carbocycles. The minimum atomic E-state index is -0.0298. The molecule has 0 unspecified atom stereocenters. The fraction of sp³-hybridized carbons (Fsp3) is 0.227. The van der Waals surface area contributed by atoms with Crippen molar-refractivity contribution in [2.45, 2.75) is 32.4 Å². The molecule has 5 rings (SSSR count). The van der Waals surface area contributed by atoms with E-state index in [2.05, 4.69) is 10.1 Å². The van der Waals surface area contributed by atoms with Gasteiger partial charge in [0.05, 0.1) is 22.9 Å². The average Bonchev–Trinajstić information content (AvgIpc) is 3.27. The zero-order valence-electron chi connectivity index (χ0n) is 15.5. The first-order valence-electron chi connectivity index (χ1n) is 9.36. The summed E-state index contributed by atoms with van der Waals surface area (Å²) in [5.74, 6) is 0.559. The molecule has 0 bridgehead atoms. The molecule has 6 nitrogen and oxygen atoms in total. The predicted octanol–water partition coefficient (Wildman–Crippen LogP) is 4.60. The Hall–Kier alpha value is -3.41. The molecule has 1 fully saturated rings. The molecule has 0 saturated heterocycles. The minimum Gasteiger partial charge on any atom is -0.463 e. The second kappa shape index (κ2) is 6.64. The van der Waals surface area contributed by atoms with Crippen molar-refractivity contribution in [1.29, 1.82) is 0 Å². The second-order valence-corrected chi connectivity index (χ2v) is 7.13. The molecular weight excluding hydrogens is 354 g/mol. The zero-order chi connectivity index (χ0) is 19.1. The van der Waals surface area contributed by atoms with Gasteiger partial charge in [-0.1, -0.05) is 35.5 Å². The molecule has 28 heavy (non-hydrogen) atoms. The van der Waals surface area contributed by atoms with E-state index in [0.717, 1.165) is 18.4 Å². The number of hydrogen-bond donors (Lipinski definition) is 0. The van der Waals surface area contributed by atoms with Gasteiger partial charge >= 0.3 is 0 Å². The van der Waals surface area contributed by atoms with E-state index in [4.69, 9.17) is 8.94 Å². The monoisotopic (exact) mass is 373 g/mol. The molecule has 3 aromatic heterocycles. The molecule has 4 aromatic rings. The van der Waals surface area contributed by atoms with Crippen LogP contribution in [0.2, 0.25) is 0 Å². The van der Waals surface area contributed by atoms with Crippen molar-refractivity contribution in [2.75, 3.05) is 0 Å². The second-order valence-electron chi connectivity index (χ2n) is 7.13. The lowest BCUT2D eigenvalue weighted by Crippen LogP contribution is -2.32. The largest absolute Gasteiger partial charge is 0.463 e. The molecule has 3 heterocycles. The van der Waals surface area contributed by atoms with Gasteiger partial charge in [-0.2, -0.15) is 0 Å². The van der Waals surface area contributed by atoms with Gasteiger partial charge in [-0.25, -0.2) is 4.98 Å². The topological polar surface area (TPSA) is 72.4 Å². The van der Waals surface area contributed by atoms with Crippen molar-refractivity contribution in [3.8, 4) is 11.5 Å². The van der Waals surface area contributed by atoms with Gasteiger partial charge < -0.3 is 13.8 Å². The normalized spacial score (nSPS) is 13.8. The smallest absolute Gasteiger partial charge is 0.259 e. The molecule has 1 aliphatic carbocycles. The number of amides is 1. The SMILES string of the molecule is Cc1noc2nc(-c3ccco3)cc(C(=O)N(Cc3ccccc3)C3CC3)c12. The number of fused-ring (bicyclic) bond motifs is 1. The van der Waals surface area contributed by atoms with Crippen LogP contribution >= 0.6 is 0 Å². The Morgan fingerprint density at radius 3 is 2.71 bits per heavy atom. The lowest BCUT2D eigenvalue weighted by molar-refractivity contribution is 0.0732. The van der Waals surface area contributed by atoms with E-state index in [1.165, 1.54) is 0 Å². The Morgan fingerprint density at radius 1 is 1.18 bits per heavy atom. The number of rotatable bonds is 5. The van der Waals surface area contributed by atoms with Gasteiger partial charge in [0.15, 0.2) is 5.76 Å². The first-order chi connectivity index (χ1) is 13.7. The maximum Gasteiger partial charge on any atom is 0.259 e. The van der Waals surface area contributed by atoms with Crippen LogP contribution in [0.15, 0.2) is 63.7 Å². The van der Waals surface area contributed by atoms with Crippen molar-refractivity contribution in [3.05, 3.63) is 71.6 Å². The maximum atomic E-state index is 13.6. The van der Waals surface area contributed by atoms with Crippen molar-refractivity contribution in [3.63, 3.8) is 0 Å². The van der Waals surface area contributed by atoms with Crippen LogP contribution in [0.5, 0.6) is 0 Å². The highest BCUT2D eigenvalue weighted by Crippen LogP contribution is 2.33. The van der Waals surface area contributed by atoms with Crippen LogP contribution in [-0.2, 0) is 6.54 Å². The Balaban J connectivity index is 1.60. The standard InChI is InChI=1S/C22H19N3O3/c1-14-20-17(12-18(19-8-5-11-27-19)23-21(20)28-24-14)22(26)25(16-9-10-16)13-15-6-3-2-4-7-15/h2-8,11-12,16H,9-10,13H2,1H3. The minimum absolute atomic E-state index is 0.0298. The van der Waals surface area contributed by atoms with E-state index in [-0.39, 0.29) is 11.9 Å². The van der Waals surface area contributed by atoms with Crippen LogP contribution in [-0.4, -0.2) is 27.0 Å². The van der Waals surface area contributed by atoms with E-state index in [1.807, 2.05) is 48.2 Å². The van der Waals surface area contributed by atoms with Crippen LogP contribution in [0.1, 0.15) is 34.5 Å². The molecule has 0 radical (unpaired) electrons. The third kappa shape index (κ3) is 2.97. The van der Waals surface area contributed by atoms with E-state index < -0.39 is 0 Å². The summed E-state index contributed by atoms with van der Waals surface area (Å²) in [5, 5.41) is 4.69. The van der Waals surface area contributed by atoms with E-state index in [1.54, 1.807) is 18.4 Å². The average molecular weight is 373 g/mol. The molecule has 1 saturated carbocycles. The quantitative estimate of drug-likeness (QED) is 0.511. The van der Waals surface area contributed by atoms with E-state index in [9.17, 15) is 4.79 Å². The van der Waals surface area contributed by atoms with Gasteiger partial charge in [-0.3, -0.25) is 4.79 Å². The number of pyridine rings is 1. The molecule has 1 amide bonds. The first-order valence-corrected chi connectivity index (χ1v) is 9.36. The lowest BCUT2D eigenvalue weighted by Gasteiger charge is -2.23. The summed E-state index contributed by atoms with van der Waals surface area (Å²) in [6, 6.07) is 15.7. The number of nitrogens with zero attached hydrogens (tertiary/aromatic N) is 3. The fourth-order valence-electron chi connectivity index (χ4n) is 3.50. The number of carbonyl (C=O) groups excluding carboxylic acids is 1. The van der Waals surface area contributed by atoms with Gasteiger partial charge in [0.2, 0.25) is 0 Å². The Bertz CT molecular complexity index is 1130. The first kappa shape index (κ1) is 16.7. The highest BCUT2D eigenvalue weighted by atomic mass is 16.5. The summed E-state index contributed by atoms with van der Waals surface area (Å²) in [6.07, 6.45) is 3.64. The molecule has 0 aliphatic heterocycles. The molecule has 140 valence electrons. The number of carbonyl (C=O) groups is 1. The van der Waals surface area contributed by atoms with Crippen LogP contribution in [0.3, 0.4) is 0 Å². The van der Waals surface area contributed by atoms with Crippen molar-refractivity contribution < 1.29 is 13.7 Å². The third-order valence-electron chi connectivity index (χ3n) is 5.07. The van der Waals surface area contributed by atoms with E-state index in [0.29, 0.717) is 40.4 Å². The summed E-state index contributed by atoms with van der Waals surface area (Å²) in [6.45, 7) is 2.41. The number of aromatic nitrogens is 2. The van der Waals surface area contributed by atoms with Crippen LogP contribution < -0.4 is 0 Å². The van der Waals surface area contributed by atoms with E-state index >= 15 is 0 Å². The van der Waals surface area contributed by atoms with Gasteiger partial charge in [-0.05, 0) is 43.5 Å². The van der Waals surface area contributed by atoms with Crippen molar-refractivity contribution in [2.24, 2.45) is 0 Å². The van der Waals surface area contributed by atoms with Gasteiger partial charge in [-0.15, -0.1) is 0 Å². The van der Waals surface area contributed by atoms with Crippen LogP contribution in [0.25, 0.3) is 22.6 Å². The number of benzene rings is 1. The summed E-state index contributed by atoms with van der Waals surface area (Å²) in [4.78, 5) is 20.1. The molecule has 0 N–H and O–H groups in total. The Morgan fingerprint density at radius 2 is 2.00 bits per heavy atom. The number of aryl methyl sites for hydroxylation is 1. The summed E-state index contributed by atoms with van der Waals surface area (Å²) in [5.41, 5.74) is 3.24. The zero-order valence-corrected chi connectivity index (χ0v) is 15.5. The highest BCUT2D eigenvalue weighted by Gasteiger charge is 2.34. The molecule has 1 aliphatic rings. The summed E-state index contributed by atoms with van der Waals surface area (Å²) >= 11 is 0. The molecule has 6 heteroatoms. The summed E-state index contributed by atoms with van der Waals surface area (Å²) in [7, 11) is 0. The Labute approximate surface area is 161 Å². The predicted molar refractivity (Wildman–Crippen MR) is 104 cm³/mol. The Kier molecular flexibility index (Phi) is 3.97. The molecule has 0 spiro atoms. The lowest BCUT2D eigenvalue weighted by atomic mass is 10.1. The van der Waals surface area contributed by atoms with Gasteiger partial charge in [0.25, 0.3) is 11.6 Å². The van der Waals surface area contributed by atoms with Gasteiger partial charge in [0, 0.05) is 12.6 Å². The van der Waals surface area contributed by atoms with Gasteiger partial charge in [0.1, 0.15) is 5.69 Å². The third-order valence-corrected chi connectivity index (χ3v) is 5.07. The number of furan rings is 1. The highest BCUT2D eigenvalue weighted by molar-refractivity contribution is 6.07. The maximum absolute atomic E-state index is 13.6. The van der Waals surface area contributed by atoms with Crippen LogP contribution in [0.4, 0.5) is 0 Å². The molecule has 0 atom stereocenters. The fourth-order valence-corrected chi connectivity index (χ4v) is 3.50. The number of hydrogen-bond acceptors (Lipinski definition) is 5. The van der Waals surface area contributed by atoms with Crippen LogP contribution in [0, 0.1) is 6.92 Å².